The first-order chi connectivity index (χ1) is 9.91. The molecule has 5 heteroatoms. The quantitative estimate of drug-likeness (QED) is 0.775. The third-order valence-electron chi connectivity index (χ3n) is 3.22. The molecule has 1 rings (SSSR count). The Morgan fingerprint density at radius 2 is 1.81 bits per heavy atom. The molecule has 4 nitrogen and oxygen atoms in total. The average Bonchev–Trinajstić information content (AvgIpc) is 2.45. The maximum Gasteiger partial charge on any atom is 0.316 e. The van der Waals surface area contributed by atoms with Crippen LogP contribution in [0, 0.1) is 5.92 Å². The molecule has 0 aliphatic rings. The molecule has 2 N–H and O–H groups in total. The Bertz CT molecular complexity index is 462. The average molecular weight is 309 g/mol. The van der Waals surface area contributed by atoms with Crippen molar-refractivity contribution in [2.75, 3.05) is 12.3 Å². The number of benzene rings is 1. The molecule has 0 fully saturated rings. The largest absolute Gasteiger partial charge is 0.480 e. The van der Waals surface area contributed by atoms with Gasteiger partial charge in [0.25, 0.3) is 0 Å². The molecule has 1 aromatic rings. The van der Waals surface area contributed by atoms with Crippen LogP contribution in [0.3, 0.4) is 0 Å². The highest BCUT2D eigenvalue weighted by Crippen LogP contribution is 2.19. The van der Waals surface area contributed by atoms with Crippen molar-refractivity contribution in [2.45, 2.75) is 31.9 Å². The second-order valence-corrected chi connectivity index (χ2v) is 6.56. The number of amides is 1. The molecule has 2 atom stereocenters. The fraction of sp³-hybridized carbons (Fsp3) is 0.500. The van der Waals surface area contributed by atoms with Crippen LogP contribution in [-0.2, 0) is 9.59 Å². The Kier molecular flexibility index (Phi) is 7.29. The lowest BCUT2D eigenvalue weighted by atomic mass is 10.0. The van der Waals surface area contributed by atoms with Gasteiger partial charge in [-0.15, -0.1) is 11.8 Å². The highest BCUT2D eigenvalue weighted by atomic mass is 32.2. The molecular formula is C16H23NO3S. The van der Waals surface area contributed by atoms with E-state index in [0.717, 1.165) is 0 Å². The van der Waals surface area contributed by atoms with Gasteiger partial charge in [0, 0.05) is 6.54 Å². The topological polar surface area (TPSA) is 66.4 Å². The number of thioether (sulfide) groups is 1. The lowest BCUT2D eigenvalue weighted by Crippen LogP contribution is -2.31. The van der Waals surface area contributed by atoms with Gasteiger partial charge in [-0.2, -0.15) is 0 Å². The summed E-state index contributed by atoms with van der Waals surface area (Å²) in [5.74, 6) is -0.560. The van der Waals surface area contributed by atoms with Crippen LogP contribution in [-0.4, -0.2) is 34.5 Å². The van der Waals surface area contributed by atoms with Crippen LogP contribution in [0.5, 0.6) is 0 Å². The number of carbonyl (C=O) groups is 2. The van der Waals surface area contributed by atoms with Crippen molar-refractivity contribution >= 4 is 23.6 Å². The van der Waals surface area contributed by atoms with E-state index in [1.54, 1.807) is 0 Å². The summed E-state index contributed by atoms with van der Waals surface area (Å²) in [5, 5.41) is 11.4. The van der Waals surface area contributed by atoms with E-state index in [0.29, 0.717) is 6.54 Å². The summed E-state index contributed by atoms with van der Waals surface area (Å²) in [6.07, 6.45) is 0. The van der Waals surface area contributed by atoms with Gasteiger partial charge in [-0.05, 0) is 17.4 Å². The predicted octanol–water partition coefficient (Wildman–Crippen LogP) is 2.75. The number of carbonyl (C=O) groups excluding carboxylic acids is 1. The van der Waals surface area contributed by atoms with Crippen LogP contribution >= 0.6 is 11.8 Å². The minimum absolute atomic E-state index is 0.00328. The van der Waals surface area contributed by atoms with Gasteiger partial charge in [-0.25, -0.2) is 0 Å². The van der Waals surface area contributed by atoms with Gasteiger partial charge in [0.1, 0.15) is 5.25 Å². The van der Waals surface area contributed by atoms with Crippen molar-refractivity contribution in [3.63, 3.8) is 0 Å². The molecule has 2 unspecified atom stereocenters. The zero-order valence-corrected chi connectivity index (χ0v) is 13.5. The highest BCUT2D eigenvalue weighted by molar-refractivity contribution is 8.01. The molecule has 0 aliphatic carbocycles. The number of nitrogens with one attached hydrogen (secondary N) is 1. The highest BCUT2D eigenvalue weighted by Gasteiger charge is 2.22. The number of carboxylic acid groups (broad SMARTS) is 1. The summed E-state index contributed by atoms with van der Waals surface area (Å²) in [4.78, 5) is 22.9. The standard InChI is InChI=1S/C16H23NO3S/c1-11(2)15(16(19)20)21-10-14(18)17-9-12(3)13-7-5-4-6-8-13/h4-8,11-12,15H,9-10H2,1-3H3,(H,17,18)(H,19,20). The van der Waals surface area contributed by atoms with Gasteiger partial charge >= 0.3 is 5.97 Å². The smallest absolute Gasteiger partial charge is 0.316 e. The van der Waals surface area contributed by atoms with Crippen molar-refractivity contribution in [2.24, 2.45) is 5.92 Å². The molecule has 0 saturated carbocycles. The third-order valence-corrected chi connectivity index (χ3v) is 4.75. The van der Waals surface area contributed by atoms with E-state index in [1.807, 2.05) is 44.2 Å². The van der Waals surface area contributed by atoms with E-state index in [2.05, 4.69) is 12.2 Å². The molecule has 21 heavy (non-hydrogen) atoms. The van der Waals surface area contributed by atoms with Crippen molar-refractivity contribution in [3.05, 3.63) is 35.9 Å². The van der Waals surface area contributed by atoms with Crippen LogP contribution in [0.1, 0.15) is 32.3 Å². The normalized spacial score (nSPS) is 13.7. The van der Waals surface area contributed by atoms with Gasteiger partial charge in [0.2, 0.25) is 5.91 Å². The van der Waals surface area contributed by atoms with Gasteiger partial charge in [-0.1, -0.05) is 51.1 Å². The van der Waals surface area contributed by atoms with Gasteiger partial charge in [0.15, 0.2) is 0 Å². The first kappa shape index (κ1) is 17.6. The molecule has 0 aromatic heterocycles. The lowest BCUT2D eigenvalue weighted by Gasteiger charge is -2.16. The summed E-state index contributed by atoms with van der Waals surface area (Å²) in [6.45, 7) is 6.31. The second kappa shape index (κ2) is 8.72. The Labute approximate surface area is 130 Å². The summed E-state index contributed by atoms with van der Waals surface area (Å²) >= 11 is 1.18. The minimum atomic E-state index is -0.861. The molecular weight excluding hydrogens is 286 g/mol. The van der Waals surface area contributed by atoms with Crippen LogP contribution in [0.2, 0.25) is 0 Å². The van der Waals surface area contributed by atoms with Gasteiger partial charge in [0.05, 0.1) is 5.75 Å². The number of rotatable bonds is 8. The predicted molar refractivity (Wildman–Crippen MR) is 86.6 cm³/mol. The zero-order chi connectivity index (χ0) is 15.8. The Hall–Kier alpha value is -1.49. The van der Waals surface area contributed by atoms with E-state index >= 15 is 0 Å². The van der Waals surface area contributed by atoms with Crippen molar-refractivity contribution < 1.29 is 14.7 Å². The third kappa shape index (κ3) is 6.21. The minimum Gasteiger partial charge on any atom is -0.480 e. The first-order valence-corrected chi connectivity index (χ1v) is 8.12. The Morgan fingerprint density at radius 3 is 2.33 bits per heavy atom. The van der Waals surface area contributed by atoms with E-state index in [-0.39, 0.29) is 23.5 Å². The first-order valence-electron chi connectivity index (χ1n) is 7.08. The van der Waals surface area contributed by atoms with Gasteiger partial charge < -0.3 is 10.4 Å². The molecule has 116 valence electrons. The van der Waals surface area contributed by atoms with E-state index < -0.39 is 11.2 Å². The lowest BCUT2D eigenvalue weighted by molar-refractivity contribution is -0.137. The molecule has 0 aliphatic heterocycles. The molecule has 0 heterocycles. The van der Waals surface area contributed by atoms with Crippen molar-refractivity contribution in [1.82, 2.24) is 5.32 Å². The van der Waals surface area contributed by atoms with E-state index in [1.165, 1.54) is 17.3 Å². The monoisotopic (exact) mass is 309 g/mol. The summed E-state index contributed by atoms with van der Waals surface area (Å²) in [6, 6.07) is 9.98. The maximum absolute atomic E-state index is 11.8. The molecule has 1 amide bonds. The Morgan fingerprint density at radius 1 is 1.19 bits per heavy atom. The SMILES string of the molecule is CC(CNC(=O)CSC(C(=O)O)C(C)C)c1ccccc1. The fourth-order valence-electron chi connectivity index (χ4n) is 1.93. The van der Waals surface area contributed by atoms with Crippen molar-refractivity contribution in [3.8, 4) is 0 Å². The number of aliphatic carboxylic acids is 1. The number of hydrogen-bond donors (Lipinski definition) is 2. The molecule has 0 spiro atoms. The molecule has 0 saturated heterocycles. The molecule has 0 radical (unpaired) electrons. The number of hydrogen-bond acceptors (Lipinski definition) is 3. The molecule has 1 aromatic carbocycles. The van der Waals surface area contributed by atoms with Crippen LogP contribution in [0.25, 0.3) is 0 Å². The van der Waals surface area contributed by atoms with Gasteiger partial charge in [-0.3, -0.25) is 9.59 Å². The number of carboxylic acids is 1. The maximum atomic E-state index is 11.8. The second-order valence-electron chi connectivity index (χ2n) is 5.43. The van der Waals surface area contributed by atoms with Crippen LogP contribution < -0.4 is 5.32 Å². The summed E-state index contributed by atoms with van der Waals surface area (Å²) in [7, 11) is 0. The van der Waals surface area contributed by atoms with Crippen molar-refractivity contribution in [1.29, 1.82) is 0 Å². The van der Waals surface area contributed by atoms with E-state index in [9.17, 15) is 9.59 Å². The Balaban J connectivity index is 2.36. The summed E-state index contributed by atoms with van der Waals surface area (Å²) in [5.41, 5.74) is 1.18. The molecule has 0 bridgehead atoms. The van der Waals surface area contributed by atoms with Crippen LogP contribution in [0.15, 0.2) is 30.3 Å². The van der Waals surface area contributed by atoms with E-state index in [4.69, 9.17) is 5.11 Å². The zero-order valence-electron chi connectivity index (χ0n) is 12.7. The summed E-state index contributed by atoms with van der Waals surface area (Å²) < 4.78 is 0. The fourth-order valence-corrected chi connectivity index (χ4v) is 2.89. The van der Waals surface area contributed by atoms with Crippen LogP contribution in [0.4, 0.5) is 0 Å².